The Bertz CT molecular complexity index is 361. The standard InChI is InChI=1S/C13H21N3O/c1-9-4-3-5-10(2)13(9)17-7-6-11-8-12(14)16-15-11/h3-5,11-12,15-16H,6-8,14H2,1-2H3. The Morgan fingerprint density at radius 2 is 2.00 bits per heavy atom. The van der Waals surface area contributed by atoms with E-state index in [4.69, 9.17) is 10.5 Å². The number of hydrogen-bond donors (Lipinski definition) is 3. The van der Waals surface area contributed by atoms with Gasteiger partial charge in [0, 0.05) is 6.04 Å². The van der Waals surface area contributed by atoms with Crippen molar-refractivity contribution in [2.75, 3.05) is 6.61 Å². The van der Waals surface area contributed by atoms with Gasteiger partial charge < -0.3 is 10.5 Å². The molecule has 0 amide bonds. The molecule has 4 nitrogen and oxygen atoms in total. The van der Waals surface area contributed by atoms with Crippen LogP contribution in [0.2, 0.25) is 0 Å². The first-order valence-corrected chi connectivity index (χ1v) is 6.12. The molecule has 1 aromatic carbocycles. The van der Waals surface area contributed by atoms with Gasteiger partial charge in [-0.25, -0.2) is 5.43 Å². The Labute approximate surface area is 103 Å². The van der Waals surface area contributed by atoms with Gasteiger partial charge >= 0.3 is 0 Å². The first kappa shape index (κ1) is 12.4. The summed E-state index contributed by atoms with van der Waals surface area (Å²) in [6.07, 6.45) is 1.99. The SMILES string of the molecule is Cc1cccc(C)c1OCCC1CC(N)NN1. The molecule has 0 spiro atoms. The van der Waals surface area contributed by atoms with E-state index in [2.05, 4.69) is 42.9 Å². The van der Waals surface area contributed by atoms with Crippen LogP contribution in [0.1, 0.15) is 24.0 Å². The van der Waals surface area contributed by atoms with E-state index in [1.807, 2.05) is 0 Å². The maximum atomic E-state index is 5.86. The predicted molar refractivity (Wildman–Crippen MR) is 68.7 cm³/mol. The zero-order valence-electron chi connectivity index (χ0n) is 10.5. The quantitative estimate of drug-likeness (QED) is 0.734. The molecule has 2 unspecified atom stereocenters. The Kier molecular flexibility index (Phi) is 3.99. The van der Waals surface area contributed by atoms with Crippen molar-refractivity contribution in [3.63, 3.8) is 0 Å². The monoisotopic (exact) mass is 235 g/mol. The van der Waals surface area contributed by atoms with E-state index in [1.54, 1.807) is 0 Å². The van der Waals surface area contributed by atoms with Crippen molar-refractivity contribution >= 4 is 0 Å². The van der Waals surface area contributed by atoms with Gasteiger partial charge in [-0.15, -0.1) is 0 Å². The highest BCUT2D eigenvalue weighted by atomic mass is 16.5. The number of aryl methyl sites for hydroxylation is 2. The Morgan fingerprint density at radius 1 is 1.29 bits per heavy atom. The van der Waals surface area contributed by atoms with E-state index in [9.17, 15) is 0 Å². The van der Waals surface area contributed by atoms with Gasteiger partial charge in [-0.05, 0) is 37.8 Å². The fraction of sp³-hybridized carbons (Fsp3) is 0.538. The third-order valence-electron chi connectivity index (χ3n) is 3.13. The maximum absolute atomic E-state index is 5.86. The first-order valence-electron chi connectivity index (χ1n) is 6.12. The van der Waals surface area contributed by atoms with Crippen LogP contribution in [-0.2, 0) is 0 Å². The number of para-hydroxylation sites is 1. The molecule has 1 fully saturated rings. The molecule has 0 aromatic heterocycles. The second-order valence-corrected chi connectivity index (χ2v) is 4.69. The van der Waals surface area contributed by atoms with Crippen molar-refractivity contribution < 1.29 is 4.74 Å². The lowest BCUT2D eigenvalue weighted by atomic mass is 10.1. The van der Waals surface area contributed by atoms with Gasteiger partial charge in [0.15, 0.2) is 0 Å². The average Bonchev–Trinajstić information content (AvgIpc) is 2.69. The second-order valence-electron chi connectivity index (χ2n) is 4.69. The van der Waals surface area contributed by atoms with Crippen molar-refractivity contribution in [1.82, 2.24) is 10.9 Å². The summed E-state index contributed by atoms with van der Waals surface area (Å²) in [6.45, 7) is 4.87. The summed E-state index contributed by atoms with van der Waals surface area (Å²) in [5.74, 6) is 1.02. The molecule has 0 bridgehead atoms. The van der Waals surface area contributed by atoms with Crippen LogP contribution in [-0.4, -0.2) is 18.8 Å². The molecule has 1 saturated heterocycles. The normalized spacial score (nSPS) is 23.9. The highest BCUT2D eigenvalue weighted by Crippen LogP contribution is 2.22. The van der Waals surface area contributed by atoms with E-state index in [0.717, 1.165) is 25.2 Å². The topological polar surface area (TPSA) is 59.3 Å². The number of rotatable bonds is 4. The molecular formula is C13H21N3O. The van der Waals surface area contributed by atoms with Crippen molar-refractivity contribution in [2.45, 2.75) is 38.9 Å². The van der Waals surface area contributed by atoms with Gasteiger partial charge in [-0.2, -0.15) is 0 Å². The Hall–Kier alpha value is -1.10. The van der Waals surface area contributed by atoms with Crippen molar-refractivity contribution in [3.8, 4) is 5.75 Å². The molecule has 0 saturated carbocycles. The van der Waals surface area contributed by atoms with E-state index < -0.39 is 0 Å². The smallest absolute Gasteiger partial charge is 0.125 e. The lowest BCUT2D eigenvalue weighted by Crippen LogP contribution is -2.37. The lowest BCUT2D eigenvalue weighted by Gasteiger charge is -2.14. The molecular weight excluding hydrogens is 214 g/mol. The lowest BCUT2D eigenvalue weighted by molar-refractivity contribution is 0.286. The van der Waals surface area contributed by atoms with E-state index in [-0.39, 0.29) is 6.17 Å². The van der Waals surface area contributed by atoms with Crippen LogP contribution in [0.4, 0.5) is 0 Å². The van der Waals surface area contributed by atoms with Gasteiger partial charge in [0.25, 0.3) is 0 Å². The van der Waals surface area contributed by atoms with Crippen molar-refractivity contribution in [2.24, 2.45) is 5.73 Å². The zero-order chi connectivity index (χ0) is 12.3. The van der Waals surface area contributed by atoms with Gasteiger partial charge in [0.1, 0.15) is 5.75 Å². The van der Waals surface area contributed by atoms with Crippen LogP contribution < -0.4 is 21.3 Å². The number of nitrogens with one attached hydrogen (secondary N) is 2. The highest BCUT2D eigenvalue weighted by molar-refractivity contribution is 5.39. The van der Waals surface area contributed by atoms with E-state index in [0.29, 0.717) is 6.04 Å². The summed E-state index contributed by atoms with van der Waals surface area (Å²) in [7, 11) is 0. The minimum absolute atomic E-state index is 0.0696. The van der Waals surface area contributed by atoms with Gasteiger partial charge in [-0.1, -0.05) is 18.2 Å². The maximum Gasteiger partial charge on any atom is 0.125 e. The van der Waals surface area contributed by atoms with Crippen LogP contribution >= 0.6 is 0 Å². The molecule has 0 aliphatic carbocycles. The molecule has 17 heavy (non-hydrogen) atoms. The molecule has 1 aromatic rings. The molecule has 94 valence electrons. The molecule has 4 heteroatoms. The minimum atomic E-state index is 0.0696. The number of nitrogens with two attached hydrogens (primary N) is 1. The van der Waals surface area contributed by atoms with Crippen LogP contribution in [0.5, 0.6) is 5.75 Å². The predicted octanol–water partition coefficient (Wildman–Crippen LogP) is 1.22. The molecule has 1 heterocycles. The molecule has 2 rings (SSSR count). The molecule has 1 aliphatic heterocycles. The third kappa shape index (κ3) is 3.19. The van der Waals surface area contributed by atoms with Crippen LogP contribution in [0, 0.1) is 13.8 Å². The number of hydrogen-bond acceptors (Lipinski definition) is 4. The van der Waals surface area contributed by atoms with Gasteiger partial charge in [0.2, 0.25) is 0 Å². The summed E-state index contributed by atoms with van der Waals surface area (Å²) in [6, 6.07) is 6.62. The summed E-state index contributed by atoms with van der Waals surface area (Å²) in [5, 5.41) is 0. The second kappa shape index (κ2) is 5.49. The van der Waals surface area contributed by atoms with Crippen molar-refractivity contribution in [1.29, 1.82) is 0 Å². The van der Waals surface area contributed by atoms with E-state index in [1.165, 1.54) is 11.1 Å². The van der Waals surface area contributed by atoms with Crippen LogP contribution in [0.3, 0.4) is 0 Å². The van der Waals surface area contributed by atoms with Gasteiger partial charge in [-0.3, -0.25) is 5.43 Å². The number of ether oxygens (including phenoxy) is 1. The van der Waals surface area contributed by atoms with Crippen LogP contribution in [0.15, 0.2) is 18.2 Å². The largest absolute Gasteiger partial charge is 0.493 e. The average molecular weight is 235 g/mol. The van der Waals surface area contributed by atoms with Crippen molar-refractivity contribution in [3.05, 3.63) is 29.3 Å². The summed E-state index contributed by atoms with van der Waals surface area (Å²) >= 11 is 0. The molecule has 4 N–H and O–H groups in total. The first-order chi connectivity index (χ1) is 8.16. The van der Waals surface area contributed by atoms with Gasteiger partial charge in [0.05, 0.1) is 12.8 Å². The highest BCUT2D eigenvalue weighted by Gasteiger charge is 2.20. The summed E-state index contributed by atoms with van der Waals surface area (Å²) in [5.41, 5.74) is 14.3. The van der Waals surface area contributed by atoms with Crippen LogP contribution in [0.25, 0.3) is 0 Å². The Balaban J connectivity index is 1.82. The number of hydrazine groups is 1. The fourth-order valence-corrected chi connectivity index (χ4v) is 2.17. The Morgan fingerprint density at radius 3 is 2.59 bits per heavy atom. The fourth-order valence-electron chi connectivity index (χ4n) is 2.17. The summed E-state index contributed by atoms with van der Waals surface area (Å²) in [4.78, 5) is 0. The molecule has 1 aliphatic rings. The molecule has 2 atom stereocenters. The zero-order valence-corrected chi connectivity index (χ0v) is 10.5. The molecule has 0 radical (unpaired) electrons. The van der Waals surface area contributed by atoms with E-state index >= 15 is 0 Å². The minimum Gasteiger partial charge on any atom is -0.493 e. The third-order valence-corrected chi connectivity index (χ3v) is 3.13. The number of benzene rings is 1. The summed E-state index contributed by atoms with van der Waals surface area (Å²) < 4.78 is 5.86.